The van der Waals surface area contributed by atoms with Gasteiger partial charge in [0.1, 0.15) is 36.1 Å². The number of fused-ring (bicyclic) bond motifs is 11. The number of hydrogen-bond acceptors (Lipinski definition) is 14. The Labute approximate surface area is 450 Å². The van der Waals surface area contributed by atoms with Crippen molar-refractivity contribution in [1.82, 2.24) is 16.0 Å². The molecule has 7 N–H and O–H groups in total. The van der Waals surface area contributed by atoms with Crippen LogP contribution < -0.4 is 35.9 Å². The van der Waals surface area contributed by atoms with Gasteiger partial charge in [-0.15, -0.1) is 0 Å². The van der Waals surface area contributed by atoms with E-state index in [9.17, 15) is 15.0 Å². The summed E-state index contributed by atoms with van der Waals surface area (Å²) in [5, 5.41) is 35.7. The van der Waals surface area contributed by atoms with E-state index in [1.165, 1.54) is 32.6 Å². The van der Waals surface area contributed by atoms with Crippen molar-refractivity contribution in [3.8, 4) is 51.7 Å². The fourth-order valence-corrected chi connectivity index (χ4v) is 17.7. The van der Waals surface area contributed by atoms with Crippen molar-refractivity contribution in [1.29, 1.82) is 0 Å². The highest BCUT2D eigenvalue weighted by molar-refractivity contribution is 8.76. The zero-order valence-corrected chi connectivity index (χ0v) is 45.5. The number of esters is 1. The number of phenolic OH excluding ortho intramolecular Hbond substituents is 2. The van der Waals surface area contributed by atoms with Crippen LogP contribution in [-0.2, 0) is 39.1 Å². The van der Waals surface area contributed by atoms with Crippen molar-refractivity contribution < 1.29 is 38.7 Å². The first-order valence-electron chi connectivity index (χ1n) is 27.8. The first-order chi connectivity index (χ1) is 36.5. The number of rotatable bonds is 10. The predicted octanol–water partition coefficient (Wildman–Crippen LogP) is 10.2. The molecule has 9 atom stereocenters. The summed E-state index contributed by atoms with van der Waals surface area (Å²) < 4.78 is 33.2. The maximum absolute atomic E-state index is 13.1. The van der Waals surface area contributed by atoms with Crippen LogP contribution in [0, 0.1) is 29.1 Å². The number of methoxy groups -OCH3 is 2. The molecule has 0 amide bonds. The molecule has 75 heavy (non-hydrogen) atoms. The number of carbonyl (C=O) groups is 1. The lowest BCUT2D eigenvalue weighted by molar-refractivity contribution is -0.141. The SMILES string of the molecule is COCC1(CCNCc2c(O)c3c(c4c2CC#CC2=C(C=CC(N)N2)CC2CCC5(Cc6cc(O)cc(OC)c6-c6ccc7c(c65)OC4C7COC(C)=O)C2)C=CC2NC4CCCC(CSSCC2O3)C4)CCCC1. The van der Waals surface area contributed by atoms with Crippen LogP contribution in [-0.4, -0.2) is 86.0 Å². The number of hydrogen-bond donors (Lipinski definition) is 6. The number of nitrogens with two attached hydrogens (primary N) is 1. The minimum Gasteiger partial charge on any atom is -0.508 e. The summed E-state index contributed by atoms with van der Waals surface area (Å²) in [6.45, 7) is 3.41. The zero-order chi connectivity index (χ0) is 51.4. The Kier molecular flexibility index (Phi) is 14.4. The molecule has 12 rings (SSSR count). The van der Waals surface area contributed by atoms with Crippen LogP contribution in [0.1, 0.15) is 141 Å². The van der Waals surface area contributed by atoms with Crippen LogP contribution in [0.5, 0.6) is 28.7 Å². The third-order valence-electron chi connectivity index (χ3n) is 18.4. The second-order valence-corrected chi connectivity index (χ2v) is 25.8. The minimum atomic E-state index is -0.664. The molecule has 5 heterocycles. The van der Waals surface area contributed by atoms with Crippen LogP contribution >= 0.6 is 21.6 Å². The van der Waals surface area contributed by atoms with Crippen molar-refractivity contribution >= 4 is 33.6 Å². The zero-order valence-electron chi connectivity index (χ0n) is 43.8. The van der Waals surface area contributed by atoms with Gasteiger partial charge in [0.25, 0.3) is 0 Å². The first-order valence-corrected chi connectivity index (χ1v) is 30.3. The van der Waals surface area contributed by atoms with Gasteiger partial charge in [-0.2, -0.15) is 0 Å². The number of nitrogens with one attached hydrogen (secondary N) is 3. The second-order valence-electron chi connectivity index (χ2n) is 23.2. The van der Waals surface area contributed by atoms with Crippen LogP contribution in [0.4, 0.5) is 0 Å². The average Bonchev–Trinajstić information content (AvgIpc) is 4.12. The number of benzene rings is 3. The molecule has 3 aromatic carbocycles. The summed E-state index contributed by atoms with van der Waals surface area (Å²) in [7, 11) is 7.29. The van der Waals surface area contributed by atoms with E-state index >= 15 is 0 Å². The number of dihydropyridines is 1. The molecule has 6 bridgehead atoms. The Balaban J connectivity index is 1.07. The van der Waals surface area contributed by atoms with E-state index in [4.69, 9.17) is 29.4 Å². The molecular formula is C61H74N4O8S2. The predicted molar refractivity (Wildman–Crippen MR) is 297 cm³/mol. The summed E-state index contributed by atoms with van der Waals surface area (Å²) in [6, 6.07) is 8.28. The molecule has 3 saturated carbocycles. The quantitative estimate of drug-likeness (QED) is 0.0492. The lowest BCUT2D eigenvalue weighted by Gasteiger charge is -2.39. The molecule has 4 fully saturated rings. The molecule has 5 aliphatic heterocycles. The van der Waals surface area contributed by atoms with E-state index in [0.29, 0.717) is 48.8 Å². The Hall–Kier alpha value is -4.75. The van der Waals surface area contributed by atoms with E-state index < -0.39 is 12.0 Å². The van der Waals surface area contributed by atoms with Gasteiger partial charge in [-0.1, -0.05) is 77.1 Å². The van der Waals surface area contributed by atoms with E-state index in [1.54, 1.807) is 13.2 Å². The molecule has 3 aromatic rings. The molecule has 1 spiro atoms. The van der Waals surface area contributed by atoms with Crippen molar-refractivity contribution in [3.05, 3.63) is 92.7 Å². The van der Waals surface area contributed by atoms with Crippen molar-refractivity contribution in [3.63, 3.8) is 0 Å². The fraction of sp³-hybridized carbons (Fsp3) is 0.557. The van der Waals surface area contributed by atoms with Gasteiger partial charge in [0.15, 0.2) is 11.5 Å². The van der Waals surface area contributed by atoms with E-state index in [1.807, 2.05) is 40.8 Å². The highest BCUT2D eigenvalue weighted by atomic mass is 33.1. The molecule has 0 radical (unpaired) electrons. The Bertz CT molecular complexity index is 2880. The van der Waals surface area contributed by atoms with Crippen molar-refractivity contribution in [2.75, 3.05) is 45.5 Å². The molecule has 1 saturated heterocycles. The smallest absolute Gasteiger partial charge is 0.302 e. The number of allylic oxidation sites excluding steroid dienone is 3. The largest absolute Gasteiger partial charge is 0.508 e. The number of carbonyl (C=O) groups excluding carboxylic acids is 1. The van der Waals surface area contributed by atoms with Gasteiger partial charge < -0.3 is 55.6 Å². The van der Waals surface area contributed by atoms with Gasteiger partial charge in [-0.25, -0.2) is 0 Å². The van der Waals surface area contributed by atoms with Crippen LogP contribution in [0.2, 0.25) is 0 Å². The molecule has 14 heteroatoms. The van der Waals surface area contributed by atoms with Gasteiger partial charge in [-0.05, 0) is 135 Å². The molecule has 4 aliphatic carbocycles. The van der Waals surface area contributed by atoms with Crippen molar-refractivity contribution in [2.24, 2.45) is 23.0 Å². The summed E-state index contributed by atoms with van der Waals surface area (Å²) in [5.41, 5.74) is 16.8. The third kappa shape index (κ3) is 9.75. The normalized spacial score (nSPS) is 29.7. The van der Waals surface area contributed by atoms with Crippen LogP contribution in [0.15, 0.2) is 53.8 Å². The van der Waals surface area contributed by atoms with E-state index in [0.717, 1.165) is 150 Å². The molecule has 12 nitrogen and oxygen atoms in total. The highest BCUT2D eigenvalue weighted by Gasteiger charge is 2.52. The van der Waals surface area contributed by atoms with E-state index in [-0.39, 0.29) is 53.2 Å². The monoisotopic (exact) mass is 1050 g/mol. The first kappa shape index (κ1) is 51.0. The van der Waals surface area contributed by atoms with Gasteiger partial charge >= 0.3 is 5.97 Å². The standard InChI is InChI=1S/C61H74N4O8S2/c1-35(66)71-31-47-43-13-14-44-53-39(26-41(67)27-50(53)70-3)29-61-21-18-36(28-61)24-38-12-17-52(62)65-48(38)11-7-10-42-46(30-63-23-22-60(34-69-2)19-4-5-20-60)56(68)59-45(54(42)57(47)73-58(43)55(44)61)15-16-49-51(72-59)33-75-74-32-37-8-6-9-40(25-37)64-49/h12-17,26-27,36-37,40,47,49,51-52,57,63-65,67-68H,4-6,8-10,18-25,28-34,62H2,1-3H3. The Morgan fingerprint density at radius 1 is 1.00 bits per heavy atom. The summed E-state index contributed by atoms with van der Waals surface area (Å²) in [6.07, 6.45) is 22.4. The third-order valence-corrected chi connectivity index (χ3v) is 21.0. The van der Waals surface area contributed by atoms with Gasteiger partial charge in [0, 0.05) is 89.4 Å². The molecule has 9 aliphatic rings. The van der Waals surface area contributed by atoms with Gasteiger partial charge in [0.2, 0.25) is 0 Å². The summed E-state index contributed by atoms with van der Waals surface area (Å²) in [4.78, 5) is 13.0. The van der Waals surface area contributed by atoms with Crippen LogP contribution in [0.3, 0.4) is 0 Å². The lowest BCUT2D eigenvalue weighted by atomic mass is 9.65. The minimum absolute atomic E-state index is 0.0869. The molecule has 0 aromatic heterocycles. The average molecular weight is 1060 g/mol. The molecule has 398 valence electrons. The van der Waals surface area contributed by atoms with Gasteiger partial charge in [-0.3, -0.25) is 4.79 Å². The highest BCUT2D eigenvalue weighted by Crippen LogP contribution is 2.63. The maximum atomic E-state index is 13.1. The number of phenols is 2. The summed E-state index contributed by atoms with van der Waals surface area (Å²) >= 11 is 0. The Morgan fingerprint density at radius 2 is 1.87 bits per heavy atom. The Morgan fingerprint density at radius 3 is 2.71 bits per heavy atom. The molecule has 9 unspecified atom stereocenters. The topological polar surface area (TPSA) is 166 Å². The second kappa shape index (κ2) is 21.2. The number of ether oxygens (including phenoxy) is 5. The maximum Gasteiger partial charge on any atom is 0.302 e. The van der Waals surface area contributed by atoms with E-state index in [2.05, 4.69) is 58.2 Å². The summed E-state index contributed by atoms with van der Waals surface area (Å²) in [5.74, 6) is 11.5. The fourth-order valence-electron chi connectivity index (χ4n) is 15.0. The lowest BCUT2D eigenvalue weighted by Crippen LogP contribution is -2.49. The molecular weight excluding hydrogens is 981 g/mol. The number of aromatic hydroxyl groups is 2. The van der Waals surface area contributed by atoms with Crippen LogP contribution in [0.25, 0.3) is 17.2 Å². The van der Waals surface area contributed by atoms with Crippen molar-refractivity contribution in [2.45, 2.75) is 152 Å². The van der Waals surface area contributed by atoms with Gasteiger partial charge in [0.05, 0.1) is 37.5 Å².